The molecule has 1 aliphatic carbocycles. The number of H-pyrrole nitrogens is 1. The van der Waals surface area contributed by atoms with Crippen LogP contribution in [0.4, 0.5) is 0 Å². The normalized spacial score (nSPS) is 19.4. The van der Waals surface area contributed by atoms with Gasteiger partial charge in [-0.15, -0.1) is 0 Å². The summed E-state index contributed by atoms with van der Waals surface area (Å²) in [5.41, 5.74) is 1.53. The number of aromatic nitrogens is 2. The lowest BCUT2D eigenvalue weighted by Crippen LogP contribution is -2.49. The molecule has 0 spiro atoms. The third kappa shape index (κ3) is 2.44. The van der Waals surface area contributed by atoms with Gasteiger partial charge in [0.1, 0.15) is 0 Å². The molecule has 1 saturated carbocycles. The van der Waals surface area contributed by atoms with Crippen molar-refractivity contribution in [1.29, 1.82) is 0 Å². The van der Waals surface area contributed by atoms with Gasteiger partial charge in [0.2, 0.25) is 0 Å². The van der Waals surface area contributed by atoms with Crippen LogP contribution in [0.15, 0.2) is 12.3 Å². The van der Waals surface area contributed by atoms with Gasteiger partial charge in [-0.1, -0.05) is 12.8 Å². The van der Waals surface area contributed by atoms with Gasteiger partial charge in [-0.2, -0.15) is 5.10 Å². The molecule has 16 heavy (non-hydrogen) atoms. The Balaban J connectivity index is 1.83. The summed E-state index contributed by atoms with van der Waals surface area (Å²) in [4.78, 5) is 2.39. The maximum absolute atomic E-state index is 3.95. The number of nitrogens with one attached hydrogen (secondary N) is 2. The molecule has 0 unspecified atom stereocenters. The van der Waals surface area contributed by atoms with E-state index in [1.165, 1.54) is 25.7 Å². The maximum Gasteiger partial charge on any atom is 0.0490 e. The minimum atomic E-state index is 0.375. The first-order valence-electron chi connectivity index (χ1n) is 6.09. The molecule has 90 valence electrons. The summed E-state index contributed by atoms with van der Waals surface area (Å²) in [6, 6.07) is 2.02. The number of hydrogen-bond donors (Lipinski definition) is 2. The smallest absolute Gasteiger partial charge is 0.0490 e. The number of hydrogen-bond acceptors (Lipinski definition) is 3. The topological polar surface area (TPSA) is 44.0 Å². The second-order valence-electron chi connectivity index (χ2n) is 5.01. The molecule has 0 amide bonds. The molecule has 2 N–H and O–H groups in total. The number of rotatable bonds is 5. The van der Waals surface area contributed by atoms with Crippen molar-refractivity contribution in [1.82, 2.24) is 20.4 Å². The fourth-order valence-corrected chi connectivity index (χ4v) is 2.63. The second-order valence-corrected chi connectivity index (χ2v) is 5.01. The molecule has 1 aliphatic rings. The Hall–Kier alpha value is -0.870. The van der Waals surface area contributed by atoms with Gasteiger partial charge < -0.3 is 10.2 Å². The average Bonchev–Trinajstić information content (AvgIpc) is 2.88. The maximum atomic E-state index is 3.95. The molecule has 4 heteroatoms. The predicted molar refractivity (Wildman–Crippen MR) is 65.2 cm³/mol. The van der Waals surface area contributed by atoms with Crippen LogP contribution in [-0.2, 0) is 6.54 Å². The highest BCUT2D eigenvalue weighted by molar-refractivity contribution is 4.99. The minimum absolute atomic E-state index is 0.375. The van der Waals surface area contributed by atoms with Crippen LogP contribution in [0.5, 0.6) is 0 Å². The van der Waals surface area contributed by atoms with E-state index < -0.39 is 0 Å². The summed E-state index contributed by atoms with van der Waals surface area (Å²) in [7, 11) is 4.40. The molecule has 0 saturated heterocycles. The highest BCUT2D eigenvalue weighted by Gasteiger charge is 2.35. The Morgan fingerprint density at radius 3 is 2.75 bits per heavy atom. The summed E-state index contributed by atoms with van der Waals surface area (Å²) in [6.07, 6.45) is 7.16. The quantitative estimate of drug-likeness (QED) is 0.791. The standard InChI is InChI=1S/C12H22N4/c1-16(2)12(6-3-4-7-12)10-13-9-11-5-8-14-15-11/h5,8,13H,3-4,6-7,9-10H2,1-2H3,(H,14,15). The van der Waals surface area contributed by atoms with Crippen LogP contribution in [0.25, 0.3) is 0 Å². The molecule has 4 nitrogen and oxygen atoms in total. The van der Waals surface area contributed by atoms with Crippen molar-refractivity contribution in [3.05, 3.63) is 18.0 Å². The SMILES string of the molecule is CN(C)C1(CNCc2ccn[nH]2)CCCC1. The Morgan fingerprint density at radius 2 is 2.19 bits per heavy atom. The van der Waals surface area contributed by atoms with Crippen molar-refractivity contribution < 1.29 is 0 Å². The van der Waals surface area contributed by atoms with Gasteiger partial charge in [-0.05, 0) is 33.0 Å². The van der Waals surface area contributed by atoms with E-state index >= 15 is 0 Å². The Labute approximate surface area is 97.4 Å². The number of likely N-dealkylation sites (N-methyl/N-ethyl adjacent to an activating group) is 1. The minimum Gasteiger partial charge on any atom is -0.309 e. The van der Waals surface area contributed by atoms with Gasteiger partial charge in [0.15, 0.2) is 0 Å². The van der Waals surface area contributed by atoms with Crippen molar-refractivity contribution in [2.24, 2.45) is 0 Å². The molecule has 1 aromatic rings. The van der Waals surface area contributed by atoms with Gasteiger partial charge in [0.25, 0.3) is 0 Å². The zero-order chi connectivity index (χ0) is 11.4. The molecule has 0 radical (unpaired) electrons. The molecular formula is C12H22N4. The third-order valence-electron chi connectivity index (χ3n) is 3.81. The zero-order valence-corrected chi connectivity index (χ0v) is 10.3. The first kappa shape index (κ1) is 11.6. The van der Waals surface area contributed by atoms with Crippen molar-refractivity contribution in [3.63, 3.8) is 0 Å². The molecule has 0 bridgehead atoms. The predicted octanol–water partition coefficient (Wildman–Crippen LogP) is 1.37. The highest BCUT2D eigenvalue weighted by atomic mass is 15.2. The van der Waals surface area contributed by atoms with Gasteiger partial charge in [-0.3, -0.25) is 5.10 Å². The largest absolute Gasteiger partial charge is 0.309 e. The van der Waals surface area contributed by atoms with Crippen LogP contribution in [0.1, 0.15) is 31.4 Å². The van der Waals surface area contributed by atoms with E-state index in [4.69, 9.17) is 0 Å². The number of aromatic amines is 1. The molecule has 0 aliphatic heterocycles. The van der Waals surface area contributed by atoms with E-state index in [9.17, 15) is 0 Å². The van der Waals surface area contributed by atoms with Gasteiger partial charge in [0.05, 0.1) is 0 Å². The fourth-order valence-electron chi connectivity index (χ4n) is 2.63. The van der Waals surface area contributed by atoms with Crippen molar-refractivity contribution >= 4 is 0 Å². The Kier molecular flexibility index (Phi) is 3.61. The van der Waals surface area contributed by atoms with Crippen molar-refractivity contribution in [2.45, 2.75) is 37.8 Å². The lowest BCUT2D eigenvalue weighted by atomic mass is 9.96. The van der Waals surface area contributed by atoms with E-state index in [2.05, 4.69) is 34.5 Å². The Morgan fingerprint density at radius 1 is 1.44 bits per heavy atom. The van der Waals surface area contributed by atoms with Crippen LogP contribution < -0.4 is 5.32 Å². The second kappa shape index (κ2) is 4.97. The summed E-state index contributed by atoms with van der Waals surface area (Å²) in [5.74, 6) is 0. The van der Waals surface area contributed by atoms with E-state index in [1.807, 2.05) is 6.07 Å². The van der Waals surface area contributed by atoms with E-state index in [0.717, 1.165) is 18.8 Å². The molecule has 1 aromatic heterocycles. The lowest BCUT2D eigenvalue weighted by Gasteiger charge is -2.36. The first-order chi connectivity index (χ1) is 7.73. The first-order valence-corrected chi connectivity index (χ1v) is 6.09. The molecule has 1 fully saturated rings. The molecule has 1 heterocycles. The van der Waals surface area contributed by atoms with Crippen LogP contribution in [0.3, 0.4) is 0 Å². The van der Waals surface area contributed by atoms with E-state index in [1.54, 1.807) is 6.20 Å². The number of nitrogens with zero attached hydrogens (tertiary/aromatic N) is 2. The summed E-state index contributed by atoms with van der Waals surface area (Å²) in [5, 5.41) is 10.5. The summed E-state index contributed by atoms with van der Waals surface area (Å²) < 4.78 is 0. The molecular weight excluding hydrogens is 200 g/mol. The van der Waals surface area contributed by atoms with E-state index in [-0.39, 0.29) is 0 Å². The van der Waals surface area contributed by atoms with Crippen molar-refractivity contribution in [3.8, 4) is 0 Å². The van der Waals surface area contributed by atoms with Gasteiger partial charge >= 0.3 is 0 Å². The highest BCUT2D eigenvalue weighted by Crippen LogP contribution is 2.33. The Bertz CT molecular complexity index is 299. The average molecular weight is 222 g/mol. The monoisotopic (exact) mass is 222 g/mol. The molecule has 2 rings (SSSR count). The van der Waals surface area contributed by atoms with E-state index in [0.29, 0.717) is 5.54 Å². The molecule has 0 atom stereocenters. The van der Waals surface area contributed by atoms with Gasteiger partial charge in [-0.25, -0.2) is 0 Å². The summed E-state index contributed by atoms with van der Waals surface area (Å²) in [6.45, 7) is 1.95. The lowest BCUT2D eigenvalue weighted by molar-refractivity contribution is 0.153. The van der Waals surface area contributed by atoms with Crippen LogP contribution in [0.2, 0.25) is 0 Å². The van der Waals surface area contributed by atoms with Crippen molar-refractivity contribution in [2.75, 3.05) is 20.6 Å². The van der Waals surface area contributed by atoms with Crippen LogP contribution in [0, 0.1) is 0 Å². The molecule has 0 aromatic carbocycles. The third-order valence-corrected chi connectivity index (χ3v) is 3.81. The van der Waals surface area contributed by atoms with Crippen LogP contribution in [-0.4, -0.2) is 41.3 Å². The fraction of sp³-hybridized carbons (Fsp3) is 0.750. The summed E-state index contributed by atoms with van der Waals surface area (Å²) >= 11 is 0. The zero-order valence-electron chi connectivity index (χ0n) is 10.3. The van der Waals surface area contributed by atoms with Crippen LogP contribution >= 0.6 is 0 Å². The van der Waals surface area contributed by atoms with Gasteiger partial charge in [0, 0.05) is 30.5 Å².